The second kappa shape index (κ2) is 9.50. The molecule has 0 aliphatic heterocycles. The van der Waals surface area contributed by atoms with Crippen LogP contribution in [0.5, 0.6) is 5.75 Å². The first-order valence-corrected chi connectivity index (χ1v) is 8.40. The summed E-state index contributed by atoms with van der Waals surface area (Å²) in [6, 6.07) is 18.7. The van der Waals surface area contributed by atoms with Crippen molar-refractivity contribution in [3.8, 4) is 5.75 Å². The molecule has 2 aromatic rings. The first kappa shape index (κ1) is 16.9. The summed E-state index contributed by atoms with van der Waals surface area (Å²) < 4.78 is 5.96. The molecule has 0 spiro atoms. The largest absolute Gasteiger partial charge is 0.492 e. The van der Waals surface area contributed by atoms with Crippen LogP contribution in [-0.4, -0.2) is 30.5 Å². The van der Waals surface area contributed by atoms with Crippen molar-refractivity contribution >= 4 is 11.6 Å². The van der Waals surface area contributed by atoms with Crippen molar-refractivity contribution < 1.29 is 4.74 Å². The van der Waals surface area contributed by atoms with Crippen LogP contribution in [0.2, 0.25) is 0 Å². The Labute approximate surface area is 138 Å². The topological polar surface area (TPSA) is 12.5 Å². The fourth-order valence-electron chi connectivity index (χ4n) is 2.45. The summed E-state index contributed by atoms with van der Waals surface area (Å²) in [5, 5.41) is 0. The third-order valence-corrected chi connectivity index (χ3v) is 3.84. The van der Waals surface area contributed by atoms with E-state index >= 15 is 0 Å². The van der Waals surface area contributed by atoms with E-state index in [0.717, 1.165) is 31.8 Å². The molecule has 0 aromatic heterocycles. The second-order valence-corrected chi connectivity index (χ2v) is 5.64. The predicted octanol–water partition coefficient (Wildman–Crippen LogP) is 4.37. The van der Waals surface area contributed by atoms with Crippen molar-refractivity contribution in [1.82, 2.24) is 4.90 Å². The summed E-state index contributed by atoms with van der Waals surface area (Å²) in [6.45, 7) is 5.49. The van der Waals surface area contributed by atoms with Crippen LogP contribution in [-0.2, 0) is 13.0 Å². The molecule has 0 heterocycles. The number of nitrogens with zero attached hydrogens (tertiary/aromatic N) is 1. The Morgan fingerprint density at radius 1 is 0.955 bits per heavy atom. The molecule has 0 aliphatic rings. The van der Waals surface area contributed by atoms with Crippen LogP contribution in [0, 0.1) is 0 Å². The van der Waals surface area contributed by atoms with Gasteiger partial charge in [0, 0.05) is 25.5 Å². The van der Waals surface area contributed by atoms with Gasteiger partial charge < -0.3 is 4.74 Å². The highest BCUT2D eigenvalue weighted by Gasteiger charge is 2.07. The van der Waals surface area contributed by atoms with Crippen molar-refractivity contribution in [2.75, 3.05) is 25.6 Å². The van der Waals surface area contributed by atoms with Gasteiger partial charge in [0.15, 0.2) is 0 Å². The molecule has 2 rings (SSSR count). The van der Waals surface area contributed by atoms with Crippen LogP contribution in [0.3, 0.4) is 0 Å². The highest BCUT2D eigenvalue weighted by Crippen LogP contribution is 2.18. The molecule has 0 fully saturated rings. The molecule has 2 aromatic carbocycles. The monoisotopic (exact) mass is 317 g/mol. The predicted molar refractivity (Wildman–Crippen MR) is 93.8 cm³/mol. The van der Waals surface area contributed by atoms with Crippen LogP contribution in [0.25, 0.3) is 0 Å². The molecule has 118 valence electrons. The Kier molecular flexibility index (Phi) is 7.27. The summed E-state index contributed by atoms with van der Waals surface area (Å²) in [4.78, 5) is 2.33. The van der Waals surface area contributed by atoms with Gasteiger partial charge >= 0.3 is 0 Å². The molecule has 3 heteroatoms. The lowest BCUT2D eigenvalue weighted by molar-refractivity contribution is 0.210. The minimum absolute atomic E-state index is 0.637. The van der Waals surface area contributed by atoms with Crippen molar-refractivity contribution in [2.24, 2.45) is 0 Å². The van der Waals surface area contributed by atoms with Gasteiger partial charge in [0.1, 0.15) is 12.4 Å². The number of alkyl halides is 1. The van der Waals surface area contributed by atoms with E-state index in [1.54, 1.807) is 0 Å². The van der Waals surface area contributed by atoms with E-state index in [4.69, 9.17) is 16.3 Å². The number of hydrogen-bond acceptors (Lipinski definition) is 2. The number of ether oxygens (including phenoxy) is 1. The number of aryl methyl sites for hydroxylation is 1. The third kappa shape index (κ3) is 5.36. The molecule has 0 bridgehead atoms. The highest BCUT2D eigenvalue weighted by molar-refractivity contribution is 6.18. The number of benzene rings is 2. The maximum Gasteiger partial charge on any atom is 0.122 e. The molecular formula is C19H24ClNO. The standard InChI is InChI=1S/C19H24ClNO/c1-2-18-10-6-7-11-19(18)22-15-14-21(13-12-20)16-17-8-4-3-5-9-17/h3-11H,2,12-16H2,1H3. The fraction of sp³-hybridized carbons (Fsp3) is 0.368. The van der Waals surface area contributed by atoms with E-state index in [1.807, 2.05) is 18.2 Å². The lowest BCUT2D eigenvalue weighted by Gasteiger charge is -2.22. The minimum Gasteiger partial charge on any atom is -0.492 e. The van der Waals surface area contributed by atoms with Gasteiger partial charge in [-0.2, -0.15) is 0 Å². The summed E-state index contributed by atoms with van der Waals surface area (Å²) in [6.07, 6.45) is 0.992. The van der Waals surface area contributed by atoms with Crippen LogP contribution in [0.15, 0.2) is 54.6 Å². The van der Waals surface area contributed by atoms with Gasteiger partial charge in [-0.25, -0.2) is 0 Å². The Hall–Kier alpha value is -1.51. The van der Waals surface area contributed by atoms with Crippen molar-refractivity contribution in [1.29, 1.82) is 0 Å². The van der Waals surface area contributed by atoms with Gasteiger partial charge in [0.05, 0.1) is 0 Å². The molecule has 0 unspecified atom stereocenters. The van der Waals surface area contributed by atoms with Crippen LogP contribution in [0.4, 0.5) is 0 Å². The zero-order valence-corrected chi connectivity index (χ0v) is 13.9. The quantitative estimate of drug-likeness (QED) is 0.637. The Bertz CT molecular complexity index is 544. The van der Waals surface area contributed by atoms with E-state index in [-0.39, 0.29) is 0 Å². The number of hydrogen-bond donors (Lipinski definition) is 0. The first-order valence-electron chi connectivity index (χ1n) is 7.86. The number of rotatable bonds is 9. The summed E-state index contributed by atoms with van der Waals surface area (Å²) >= 11 is 5.92. The minimum atomic E-state index is 0.637. The van der Waals surface area contributed by atoms with E-state index < -0.39 is 0 Å². The molecule has 2 nitrogen and oxygen atoms in total. The molecular weight excluding hydrogens is 294 g/mol. The Morgan fingerprint density at radius 2 is 1.68 bits per heavy atom. The van der Waals surface area contributed by atoms with Gasteiger partial charge in [-0.3, -0.25) is 4.90 Å². The van der Waals surface area contributed by atoms with Gasteiger partial charge in [-0.05, 0) is 23.6 Å². The lowest BCUT2D eigenvalue weighted by Crippen LogP contribution is -2.30. The Morgan fingerprint density at radius 3 is 2.41 bits per heavy atom. The van der Waals surface area contributed by atoms with Crippen LogP contribution < -0.4 is 4.74 Å². The zero-order chi connectivity index (χ0) is 15.6. The molecule has 0 N–H and O–H groups in total. The summed E-state index contributed by atoms with van der Waals surface area (Å²) in [5.74, 6) is 1.63. The van der Waals surface area contributed by atoms with Gasteiger partial charge in [0.25, 0.3) is 0 Å². The average Bonchev–Trinajstić information content (AvgIpc) is 2.56. The maximum atomic E-state index is 5.96. The molecule has 22 heavy (non-hydrogen) atoms. The van der Waals surface area contributed by atoms with E-state index in [0.29, 0.717) is 12.5 Å². The van der Waals surface area contributed by atoms with Gasteiger partial charge in [-0.1, -0.05) is 55.5 Å². The SMILES string of the molecule is CCc1ccccc1OCCN(CCCl)Cc1ccccc1. The van der Waals surface area contributed by atoms with Crippen molar-refractivity contribution in [2.45, 2.75) is 19.9 Å². The normalized spacial score (nSPS) is 10.9. The zero-order valence-electron chi connectivity index (χ0n) is 13.2. The summed E-state index contributed by atoms with van der Waals surface area (Å²) in [5.41, 5.74) is 2.57. The average molecular weight is 318 g/mol. The number of para-hydroxylation sites is 1. The second-order valence-electron chi connectivity index (χ2n) is 5.26. The molecule has 0 atom stereocenters. The van der Waals surface area contributed by atoms with E-state index in [2.05, 4.69) is 48.2 Å². The molecule has 0 radical (unpaired) electrons. The highest BCUT2D eigenvalue weighted by atomic mass is 35.5. The van der Waals surface area contributed by atoms with E-state index in [9.17, 15) is 0 Å². The number of halogens is 1. The van der Waals surface area contributed by atoms with Crippen LogP contribution in [0.1, 0.15) is 18.1 Å². The van der Waals surface area contributed by atoms with Gasteiger partial charge in [-0.15, -0.1) is 11.6 Å². The molecule has 0 amide bonds. The molecule has 0 saturated carbocycles. The fourth-order valence-corrected chi connectivity index (χ4v) is 2.69. The van der Waals surface area contributed by atoms with E-state index in [1.165, 1.54) is 11.1 Å². The van der Waals surface area contributed by atoms with Gasteiger partial charge in [0.2, 0.25) is 0 Å². The maximum absolute atomic E-state index is 5.96. The van der Waals surface area contributed by atoms with Crippen molar-refractivity contribution in [3.05, 3.63) is 65.7 Å². The smallest absolute Gasteiger partial charge is 0.122 e. The molecule has 0 aliphatic carbocycles. The van der Waals surface area contributed by atoms with Crippen molar-refractivity contribution in [3.63, 3.8) is 0 Å². The Balaban J connectivity index is 1.86. The van der Waals surface area contributed by atoms with Crippen LogP contribution >= 0.6 is 11.6 Å². The summed E-state index contributed by atoms with van der Waals surface area (Å²) in [7, 11) is 0. The lowest BCUT2D eigenvalue weighted by atomic mass is 10.1. The first-order chi connectivity index (χ1) is 10.8. The third-order valence-electron chi connectivity index (χ3n) is 3.67. The molecule has 0 saturated heterocycles.